The lowest BCUT2D eigenvalue weighted by atomic mass is 9.79. The number of morpholine rings is 1. The topological polar surface area (TPSA) is 54.5 Å². The zero-order valence-electron chi connectivity index (χ0n) is 14.7. The average Bonchev–Trinajstić information content (AvgIpc) is 3.11. The fraction of sp³-hybridized carbons (Fsp3) is 0.778. The highest BCUT2D eigenvalue weighted by Crippen LogP contribution is 2.34. The van der Waals surface area contributed by atoms with E-state index >= 15 is 0 Å². The largest absolute Gasteiger partial charge is 0.379 e. The second kappa shape index (κ2) is 8.41. The third kappa shape index (κ3) is 3.98. The Morgan fingerprint density at radius 1 is 1.33 bits per heavy atom. The Bertz CT molecular complexity index is 534. The minimum Gasteiger partial charge on any atom is -0.379 e. The van der Waals surface area contributed by atoms with Gasteiger partial charge in [-0.1, -0.05) is 26.2 Å². The van der Waals surface area contributed by atoms with Crippen molar-refractivity contribution in [2.45, 2.75) is 57.4 Å². The number of thiazole rings is 1. The van der Waals surface area contributed by atoms with Crippen LogP contribution in [0.15, 0.2) is 5.38 Å². The number of carbonyl (C=O) groups is 1. The second-order valence-electron chi connectivity index (χ2n) is 6.78. The monoisotopic (exact) mass is 351 g/mol. The van der Waals surface area contributed by atoms with Crippen molar-refractivity contribution in [2.24, 2.45) is 0 Å². The van der Waals surface area contributed by atoms with Crippen LogP contribution >= 0.6 is 11.3 Å². The summed E-state index contributed by atoms with van der Waals surface area (Å²) in [6, 6.07) is 0. The van der Waals surface area contributed by atoms with Gasteiger partial charge in [-0.25, -0.2) is 4.98 Å². The summed E-state index contributed by atoms with van der Waals surface area (Å²) in [6.07, 6.45) is 7.32. The van der Waals surface area contributed by atoms with Crippen molar-refractivity contribution >= 4 is 17.2 Å². The van der Waals surface area contributed by atoms with Crippen molar-refractivity contribution in [3.8, 4) is 0 Å². The molecule has 0 aromatic carbocycles. The summed E-state index contributed by atoms with van der Waals surface area (Å²) in [4.78, 5) is 20.0. The molecule has 2 fully saturated rings. The van der Waals surface area contributed by atoms with Crippen LogP contribution in [0, 0.1) is 0 Å². The molecule has 1 N–H and O–H groups in total. The molecule has 0 unspecified atom stereocenters. The molecular formula is C18H29N3O2S. The SMILES string of the molecule is CCc1csc(CCNC(=O)C2(N3CCOCC3)CCCCC2)n1. The van der Waals surface area contributed by atoms with Gasteiger partial charge in [-0.2, -0.15) is 0 Å². The number of hydrogen-bond donors (Lipinski definition) is 1. The van der Waals surface area contributed by atoms with E-state index in [1.165, 1.54) is 6.42 Å². The van der Waals surface area contributed by atoms with E-state index in [2.05, 4.69) is 27.5 Å². The van der Waals surface area contributed by atoms with Crippen LogP contribution in [0.3, 0.4) is 0 Å². The number of hydrogen-bond acceptors (Lipinski definition) is 5. The zero-order chi connectivity index (χ0) is 16.8. The Balaban J connectivity index is 1.58. The van der Waals surface area contributed by atoms with Crippen LogP contribution in [-0.2, 0) is 22.4 Å². The van der Waals surface area contributed by atoms with E-state index in [4.69, 9.17) is 4.74 Å². The van der Waals surface area contributed by atoms with E-state index in [1.54, 1.807) is 11.3 Å². The number of nitrogens with one attached hydrogen (secondary N) is 1. The quantitative estimate of drug-likeness (QED) is 0.855. The van der Waals surface area contributed by atoms with Gasteiger partial charge in [0.2, 0.25) is 5.91 Å². The standard InChI is InChI=1S/C18H29N3O2S/c1-2-15-14-24-16(20-15)6-9-19-17(22)18(7-4-3-5-8-18)21-10-12-23-13-11-21/h14H,2-13H2,1H3,(H,19,22). The van der Waals surface area contributed by atoms with Crippen molar-refractivity contribution in [3.63, 3.8) is 0 Å². The van der Waals surface area contributed by atoms with Gasteiger partial charge < -0.3 is 10.1 Å². The highest BCUT2D eigenvalue weighted by atomic mass is 32.1. The summed E-state index contributed by atoms with van der Waals surface area (Å²) in [5.41, 5.74) is 0.845. The van der Waals surface area contributed by atoms with Gasteiger partial charge in [0.1, 0.15) is 5.54 Å². The van der Waals surface area contributed by atoms with Crippen molar-refractivity contribution in [3.05, 3.63) is 16.1 Å². The number of ether oxygens (including phenoxy) is 1. The maximum atomic E-state index is 13.1. The molecule has 6 heteroatoms. The summed E-state index contributed by atoms with van der Waals surface area (Å²) >= 11 is 1.70. The lowest BCUT2D eigenvalue weighted by Gasteiger charge is -2.46. The Morgan fingerprint density at radius 2 is 2.08 bits per heavy atom. The van der Waals surface area contributed by atoms with Crippen LogP contribution in [0.4, 0.5) is 0 Å². The minimum atomic E-state index is -0.306. The van der Waals surface area contributed by atoms with Crippen LogP contribution in [0.1, 0.15) is 49.7 Å². The normalized spacial score (nSPS) is 21.5. The van der Waals surface area contributed by atoms with E-state index in [0.29, 0.717) is 6.54 Å². The van der Waals surface area contributed by atoms with Crippen molar-refractivity contribution < 1.29 is 9.53 Å². The second-order valence-corrected chi connectivity index (χ2v) is 7.73. The zero-order valence-corrected chi connectivity index (χ0v) is 15.5. The van der Waals surface area contributed by atoms with E-state index < -0.39 is 0 Å². The number of aryl methyl sites for hydroxylation is 1. The van der Waals surface area contributed by atoms with E-state index in [1.807, 2.05) is 0 Å². The molecule has 1 saturated carbocycles. The third-order valence-electron chi connectivity index (χ3n) is 5.31. The van der Waals surface area contributed by atoms with Crippen LogP contribution in [0.5, 0.6) is 0 Å². The van der Waals surface area contributed by atoms with Gasteiger partial charge in [-0.15, -0.1) is 11.3 Å². The lowest BCUT2D eigenvalue weighted by Crippen LogP contribution is -2.62. The lowest BCUT2D eigenvalue weighted by molar-refractivity contribution is -0.140. The molecule has 1 aromatic rings. The molecule has 2 heterocycles. The van der Waals surface area contributed by atoms with Gasteiger partial charge in [0.25, 0.3) is 0 Å². The predicted octanol–water partition coefficient (Wildman–Crippen LogP) is 2.40. The minimum absolute atomic E-state index is 0.219. The highest BCUT2D eigenvalue weighted by molar-refractivity contribution is 7.09. The number of aromatic nitrogens is 1. The molecule has 1 amide bonds. The van der Waals surface area contributed by atoms with Crippen LogP contribution in [0.25, 0.3) is 0 Å². The van der Waals surface area contributed by atoms with Crippen LogP contribution in [0.2, 0.25) is 0 Å². The first-order chi connectivity index (χ1) is 11.7. The maximum Gasteiger partial charge on any atom is 0.240 e. The summed E-state index contributed by atoms with van der Waals surface area (Å²) in [6.45, 7) is 6.04. The molecule has 5 nitrogen and oxygen atoms in total. The Hall–Kier alpha value is -0.980. The molecule has 1 aliphatic heterocycles. The Labute approximate surface area is 148 Å². The molecule has 1 aliphatic carbocycles. The van der Waals surface area contributed by atoms with Crippen LogP contribution in [-0.4, -0.2) is 54.2 Å². The summed E-state index contributed by atoms with van der Waals surface area (Å²) < 4.78 is 5.49. The first-order valence-corrected chi connectivity index (χ1v) is 10.2. The number of carbonyl (C=O) groups excluding carboxylic acids is 1. The molecule has 1 aromatic heterocycles. The molecule has 2 aliphatic rings. The Morgan fingerprint density at radius 3 is 2.75 bits per heavy atom. The van der Waals surface area contributed by atoms with E-state index in [9.17, 15) is 4.79 Å². The highest BCUT2D eigenvalue weighted by Gasteiger charge is 2.44. The average molecular weight is 352 g/mol. The number of amides is 1. The first kappa shape index (κ1) is 17.8. The van der Waals surface area contributed by atoms with Gasteiger partial charge in [0.15, 0.2) is 0 Å². The number of nitrogens with zero attached hydrogens (tertiary/aromatic N) is 2. The number of rotatable bonds is 6. The summed E-state index contributed by atoms with van der Waals surface area (Å²) in [5, 5.41) is 6.45. The van der Waals surface area contributed by atoms with Gasteiger partial charge in [-0.05, 0) is 19.3 Å². The summed E-state index contributed by atoms with van der Waals surface area (Å²) in [5.74, 6) is 0.219. The van der Waals surface area contributed by atoms with Gasteiger partial charge >= 0.3 is 0 Å². The maximum absolute atomic E-state index is 13.1. The van der Waals surface area contributed by atoms with Crippen molar-refractivity contribution in [2.75, 3.05) is 32.8 Å². The van der Waals surface area contributed by atoms with E-state index in [0.717, 1.165) is 75.5 Å². The van der Waals surface area contributed by atoms with Crippen LogP contribution < -0.4 is 5.32 Å². The predicted molar refractivity (Wildman–Crippen MR) is 96.4 cm³/mol. The molecule has 3 rings (SSSR count). The van der Waals surface area contributed by atoms with Gasteiger partial charge in [0, 0.05) is 31.4 Å². The van der Waals surface area contributed by atoms with E-state index in [-0.39, 0.29) is 11.4 Å². The van der Waals surface area contributed by atoms with Crippen molar-refractivity contribution in [1.82, 2.24) is 15.2 Å². The fourth-order valence-corrected chi connectivity index (χ4v) is 4.77. The molecule has 24 heavy (non-hydrogen) atoms. The molecule has 0 atom stereocenters. The summed E-state index contributed by atoms with van der Waals surface area (Å²) in [7, 11) is 0. The van der Waals surface area contributed by atoms with Gasteiger partial charge in [0.05, 0.1) is 23.9 Å². The molecule has 134 valence electrons. The molecule has 0 bridgehead atoms. The molecule has 0 spiro atoms. The van der Waals surface area contributed by atoms with Gasteiger partial charge in [-0.3, -0.25) is 9.69 Å². The molecule has 0 radical (unpaired) electrons. The molecule has 1 saturated heterocycles. The van der Waals surface area contributed by atoms with Crippen molar-refractivity contribution in [1.29, 1.82) is 0 Å². The smallest absolute Gasteiger partial charge is 0.240 e. The molecular weight excluding hydrogens is 322 g/mol. The third-order valence-corrected chi connectivity index (χ3v) is 6.26. The first-order valence-electron chi connectivity index (χ1n) is 9.29. The Kier molecular flexibility index (Phi) is 6.25. The fourth-order valence-electron chi connectivity index (χ4n) is 3.89.